The van der Waals surface area contributed by atoms with Crippen molar-refractivity contribution in [2.24, 2.45) is 5.92 Å². The minimum Gasteiger partial charge on any atom is -0.195 e. The molecule has 0 amide bonds. The van der Waals surface area contributed by atoms with Crippen LogP contribution in [0.15, 0.2) is 0 Å². The smallest absolute Gasteiger partial charge is 0.195 e. The van der Waals surface area contributed by atoms with E-state index in [-0.39, 0.29) is 0 Å². The molecule has 0 aliphatic carbocycles. The number of rotatable bonds is 5. The molecule has 0 bridgehead atoms. The molecule has 0 aromatic rings. The molecule has 1 heterocycles. The number of alkyl halides is 1. The van der Waals surface area contributed by atoms with Crippen molar-refractivity contribution in [2.75, 3.05) is 32.6 Å². The molecule has 4 nitrogen and oxygen atoms in total. The molecule has 0 saturated carbocycles. The highest BCUT2D eigenvalue weighted by Gasteiger charge is 2.29. The Balaban J connectivity index is 2.56. The third-order valence-corrected chi connectivity index (χ3v) is 5.32. The quantitative estimate of drug-likeness (QED) is 0.710. The van der Waals surface area contributed by atoms with E-state index in [1.54, 1.807) is 11.4 Å². The van der Waals surface area contributed by atoms with Gasteiger partial charge in [0.1, 0.15) is 0 Å². The van der Waals surface area contributed by atoms with E-state index in [1.165, 1.54) is 4.31 Å². The standard InChI is InChI=1S/C10H21ClN2O2S/c1-10-4-8-13(9-5-10)16(14,15)12(2)7-3-6-11/h10H,3-9H2,1-2H3. The summed E-state index contributed by atoms with van der Waals surface area (Å²) in [6.07, 6.45) is 2.62. The van der Waals surface area contributed by atoms with Crippen molar-refractivity contribution in [3.63, 3.8) is 0 Å². The Morgan fingerprint density at radius 2 is 1.94 bits per heavy atom. The molecule has 0 unspecified atom stereocenters. The first-order valence-electron chi connectivity index (χ1n) is 5.76. The van der Waals surface area contributed by atoms with Gasteiger partial charge in [-0.05, 0) is 25.2 Å². The van der Waals surface area contributed by atoms with Crippen LogP contribution in [0.5, 0.6) is 0 Å². The van der Waals surface area contributed by atoms with E-state index >= 15 is 0 Å². The lowest BCUT2D eigenvalue weighted by atomic mass is 10.0. The van der Waals surface area contributed by atoms with Crippen LogP contribution >= 0.6 is 11.6 Å². The molecular formula is C10H21ClN2O2S. The van der Waals surface area contributed by atoms with Crippen molar-refractivity contribution in [3.05, 3.63) is 0 Å². The average Bonchev–Trinajstić information content (AvgIpc) is 2.26. The van der Waals surface area contributed by atoms with Crippen LogP contribution in [-0.2, 0) is 10.2 Å². The van der Waals surface area contributed by atoms with Gasteiger partial charge in [0.15, 0.2) is 0 Å². The van der Waals surface area contributed by atoms with Crippen LogP contribution in [0.25, 0.3) is 0 Å². The van der Waals surface area contributed by atoms with Crippen LogP contribution in [0.1, 0.15) is 26.2 Å². The minimum absolute atomic E-state index is 0.497. The highest BCUT2D eigenvalue weighted by atomic mass is 35.5. The highest BCUT2D eigenvalue weighted by Crippen LogP contribution is 2.20. The summed E-state index contributed by atoms with van der Waals surface area (Å²) in [6.45, 7) is 3.96. The monoisotopic (exact) mass is 268 g/mol. The lowest BCUT2D eigenvalue weighted by Gasteiger charge is -2.32. The fourth-order valence-electron chi connectivity index (χ4n) is 1.81. The Kier molecular flexibility index (Phi) is 5.50. The topological polar surface area (TPSA) is 40.6 Å². The number of halogens is 1. The van der Waals surface area contributed by atoms with E-state index in [0.717, 1.165) is 12.8 Å². The molecule has 1 aliphatic heterocycles. The molecular weight excluding hydrogens is 248 g/mol. The maximum Gasteiger partial charge on any atom is 0.281 e. The molecule has 0 N–H and O–H groups in total. The molecule has 0 aromatic carbocycles. The normalized spacial score (nSPS) is 20.5. The number of nitrogens with zero attached hydrogens (tertiary/aromatic N) is 2. The summed E-state index contributed by atoms with van der Waals surface area (Å²) < 4.78 is 27.2. The van der Waals surface area contributed by atoms with E-state index < -0.39 is 10.2 Å². The van der Waals surface area contributed by atoms with Crippen molar-refractivity contribution < 1.29 is 8.42 Å². The van der Waals surface area contributed by atoms with Gasteiger partial charge in [-0.15, -0.1) is 11.6 Å². The van der Waals surface area contributed by atoms with Gasteiger partial charge >= 0.3 is 0 Å². The van der Waals surface area contributed by atoms with Crippen molar-refractivity contribution in [3.8, 4) is 0 Å². The van der Waals surface area contributed by atoms with Crippen LogP contribution in [0.3, 0.4) is 0 Å². The predicted molar refractivity (Wildman–Crippen MR) is 66.9 cm³/mol. The van der Waals surface area contributed by atoms with Crippen molar-refractivity contribution in [2.45, 2.75) is 26.2 Å². The Hall–Kier alpha value is 0.160. The van der Waals surface area contributed by atoms with Crippen LogP contribution in [0.4, 0.5) is 0 Å². The first kappa shape index (κ1) is 14.2. The van der Waals surface area contributed by atoms with Crippen molar-refractivity contribution >= 4 is 21.8 Å². The third kappa shape index (κ3) is 3.58. The average molecular weight is 269 g/mol. The summed E-state index contributed by atoms with van der Waals surface area (Å²) in [4.78, 5) is 0. The lowest BCUT2D eigenvalue weighted by Crippen LogP contribution is -2.45. The van der Waals surface area contributed by atoms with Crippen molar-refractivity contribution in [1.29, 1.82) is 0 Å². The summed E-state index contributed by atoms with van der Waals surface area (Å²) in [5.74, 6) is 1.14. The lowest BCUT2D eigenvalue weighted by molar-refractivity contribution is 0.270. The summed E-state index contributed by atoms with van der Waals surface area (Å²) in [5.41, 5.74) is 0. The minimum atomic E-state index is -3.25. The summed E-state index contributed by atoms with van der Waals surface area (Å²) in [6, 6.07) is 0. The molecule has 0 aromatic heterocycles. The number of hydrogen-bond donors (Lipinski definition) is 0. The van der Waals surface area contributed by atoms with Gasteiger partial charge in [0.25, 0.3) is 10.2 Å². The Bertz CT molecular complexity index is 300. The van der Waals surface area contributed by atoms with Crippen LogP contribution in [-0.4, -0.2) is 49.6 Å². The van der Waals surface area contributed by atoms with Gasteiger partial charge in [-0.2, -0.15) is 17.0 Å². The molecule has 6 heteroatoms. The van der Waals surface area contributed by atoms with Gasteiger partial charge in [0, 0.05) is 32.6 Å². The van der Waals surface area contributed by atoms with E-state index in [2.05, 4.69) is 6.92 Å². The molecule has 0 atom stereocenters. The SMILES string of the molecule is CC1CCN(S(=O)(=O)N(C)CCCCl)CC1. The molecule has 0 spiro atoms. The fourth-order valence-corrected chi connectivity index (χ4v) is 3.36. The number of piperidine rings is 1. The van der Waals surface area contributed by atoms with Gasteiger partial charge in [-0.25, -0.2) is 0 Å². The second-order valence-corrected chi connectivity index (χ2v) is 6.87. The highest BCUT2D eigenvalue weighted by molar-refractivity contribution is 7.86. The Labute approximate surface area is 104 Å². The van der Waals surface area contributed by atoms with Gasteiger partial charge < -0.3 is 0 Å². The van der Waals surface area contributed by atoms with E-state index in [0.29, 0.717) is 37.9 Å². The zero-order valence-electron chi connectivity index (χ0n) is 10.0. The first-order valence-corrected chi connectivity index (χ1v) is 7.69. The molecule has 0 radical (unpaired) electrons. The van der Waals surface area contributed by atoms with E-state index in [1.807, 2.05) is 0 Å². The zero-order chi connectivity index (χ0) is 12.2. The van der Waals surface area contributed by atoms with Crippen LogP contribution in [0.2, 0.25) is 0 Å². The maximum absolute atomic E-state index is 12.1. The van der Waals surface area contributed by atoms with Gasteiger partial charge in [-0.1, -0.05) is 6.92 Å². The molecule has 96 valence electrons. The van der Waals surface area contributed by atoms with Crippen LogP contribution in [0, 0.1) is 5.92 Å². The summed E-state index contributed by atoms with van der Waals surface area (Å²) >= 11 is 5.57. The van der Waals surface area contributed by atoms with Crippen LogP contribution < -0.4 is 0 Å². The van der Waals surface area contributed by atoms with E-state index in [4.69, 9.17) is 11.6 Å². The van der Waals surface area contributed by atoms with Crippen molar-refractivity contribution in [1.82, 2.24) is 8.61 Å². The largest absolute Gasteiger partial charge is 0.281 e. The van der Waals surface area contributed by atoms with Gasteiger partial charge in [-0.3, -0.25) is 0 Å². The summed E-state index contributed by atoms with van der Waals surface area (Å²) in [7, 11) is -1.62. The Morgan fingerprint density at radius 3 is 2.44 bits per heavy atom. The maximum atomic E-state index is 12.1. The molecule has 1 fully saturated rings. The molecule has 16 heavy (non-hydrogen) atoms. The second-order valence-electron chi connectivity index (χ2n) is 4.45. The Morgan fingerprint density at radius 1 is 1.38 bits per heavy atom. The molecule has 1 saturated heterocycles. The molecule has 1 aliphatic rings. The third-order valence-electron chi connectivity index (χ3n) is 3.07. The fraction of sp³-hybridized carbons (Fsp3) is 1.00. The molecule has 1 rings (SSSR count). The van der Waals surface area contributed by atoms with Gasteiger partial charge in [0.05, 0.1) is 0 Å². The summed E-state index contributed by atoms with van der Waals surface area (Å²) in [5, 5.41) is 0. The van der Waals surface area contributed by atoms with Gasteiger partial charge in [0.2, 0.25) is 0 Å². The predicted octanol–water partition coefficient (Wildman–Crippen LogP) is 1.52. The second kappa shape index (κ2) is 6.19. The first-order chi connectivity index (χ1) is 7.48. The van der Waals surface area contributed by atoms with E-state index in [9.17, 15) is 8.42 Å². The zero-order valence-corrected chi connectivity index (χ0v) is 11.6. The number of hydrogen-bond acceptors (Lipinski definition) is 2.